The summed E-state index contributed by atoms with van der Waals surface area (Å²) >= 11 is 0. The molecule has 0 spiro atoms. The minimum absolute atomic E-state index is 0.0117. The van der Waals surface area contributed by atoms with E-state index in [0.717, 1.165) is 17.1 Å². The highest BCUT2D eigenvalue weighted by atomic mass is 16.5. The maximum atomic E-state index is 11.7. The molecule has 3 N–H and O–H groups in total. The van der Waals surface area contributed by atoms with Crippen molar-refractivity contribution in [3.05, 3.63) is 12.2 Å². The van der Waals surface area contributed by atoms with Crippen molar-refractivity contribution in [2.75, 3.05) is 26.3 Å². The summed E-state index contributed by atoms with van der Waals surface area (Å²) in [4.78, 5) is 46.5. The Morgan fingerprint density at radius 1 is 1.29 bits per heavy atom. The lowest BCUT2D eigenvalue weighted by Crippen LogP contribution is -2.45. The number of aliphatic hydroxyl groups excluding tert-OH is 2. The third-order valence-electron chi connectivity index (χ3n) is 3.47. The fourth-order valence-corrected chi connectivity index (χ4v) is 1.77. The highest BCUT2D eigenvalue weighted by Crippen LogP contribution is 2.19. The molecule has 0 saturated carbocycles. The van der Waals surface area contributed by atoms with Gasteiger partial charge in [-0.1, -0.05) is 13.8 Å². The van der Waals surface area contributed by atoms with E-state index in [1.54, 1.807) is 13.8 Å². The second-order valence-corrected chi connectivity index (χ2v) is 6.01. The molecule has 1 rings (SSSR count). The van der Waals surface area contributed by atoms with Crippen molar-refractivity contribution >= 4 is 23.7 Å². The Labute approximate surface area is 139 Å². The van der Waals surface area contributed by atoms with Crippen LogP contribution in [0, 0.1) is 5.41 Å². The van der Waals surface area contributed by atoms with Crippen LogP contribution in [0.3, 0.4) is 0 Å². The summed E-state index contributed by atoms with van der Waals surface area (Å²) in [7, 11) is 0. The predicted octanol–water partition coefficient (Wildman–Crippen LogP) is -1.66. The van der Waals surface area contributed by atoms with E-state index in [0.29, 0.717) is 6.42 Å². The van der Waals surface area contributed by atoms with E-state index in [-0.39, 0.29) is 19.8 Å². The van der Waals surface area contributed by atoms with E-state index in [9.17, 15) is 24.3 Å². The van der Waals surface area contributed by atoms with Gasteiger partial charge in [0.1, 0.15) is 12.6 Å². The number of carbonyl (C=O) groups is 4. The third-order valence-corrected chi connectivity index (χ3v) is 3.47. The van der Waals surface area contributed by atoms with Gasteiger partial charge >= 0.3 is 5.97 Å². The Morgan fingerprint density at radius 2 is 1.88 bits per heavy atom. The number of imide groups is 1. The first kappa shape index (κ1) is 19.8. The fourth-order valence-electron chi connectivity index (χ4n) is 1.77. The zero-order chi connectivity index (χ0) is 18.3. The van der Waals surface area contributed by atoms with E-state index >= 15 is 0 Å². The van der Waals surface area contributed by atoms with Crippen LogP contribution < -0.4 is 5.32 Å². The minimum Gasteiger partial charge on any atom is -0.464 e. The third kappa shape index (κ3) is 5.43. The number of nitrogens with one attached hydrogen (secondary N) is 1. The van der Waals surface area contributed by atoms with Crippen LogP contribution in [-0.2, 0) is 23.9 Å². The molecule has 1 heterocycles. The molecule has 24 heavy (non-hydrogen) atoms. The van der Waals surface area contributed by atoms with Gasteiger partial charge in [0, 0.05) is 24.1 Å². The molecule has 0 aliphatic carbocycles. The van der Waals surface area contributed by atoms with E-state index in [1.807, 2.05) is 0 Å². The molecule has 0 aromatic rings. The molecule has 3 amide bonds. The van der Waals surface area contributed by atoms with Gasteiger partial charge in [-0.2, -0.15) is 0 Å². The molecule has 1 atom stereocenters. The van der Waals surface area contributed by atoms with Crippen LogP contribution in [0.15, 0.2) is 12.2 Å². The van der Waals surface area contributed by atoms with Crippen molar-refractivity contribution in [2.45, 2.75) is 26.4 Å². The SMILES string of the molecule is CC(C)(CO)C(O)C(=O)NCCCOC(=O)CN1C(=O)C=CC1=O. The first-order valence-corrected chi connectivity index (χ1v) is 7.45. The molecule has 1 aliphatic heterocycles. The highest BCUT2D eigenvalue weighted by Gasteiger charge is 2.32. The minimum atomic E-state index is -1.36. The van der Waals surface area contributed by atoms with Crippen molar-refractivity contribution in [3.8, 4) is 0 Å². The number of nitrogens with zero attached hydrogens (tertiary/aromatic N) is 1. The van der Waals surface area contributed by atoms with Gasteiger partial charge in [-0.25, -0.2) is 0 Å². The van der Waals surface area contributed by atoms with Crippen molar-refractivity contribution in [1.29, 1.82) is 0 Å². The maximum absolute atomic E-state index is 11.7. The van der Waals surface area contributed by atoms with Crippen LogP contribution in [0.1, 0.15) is 20.3 Å². The first-order chi connectivity index (χ1) is 11.2. The second-order valence-electron chi connectivity index (χ2n) is 6.01. The van der Waals surface area contributed by atoms with Crippen LogP contribution in [-0.4, -0.2) is 71.2 Å². The topological polar surface area (TPSA) is 133 Å². The van der Waals surface area contributed by atoms with E-state index in [4.69, 9.17) is 9.84 Å². The van der Waals surface area contributed by atoms with Crippen LogP contribution in [0.2, 0.25) is 0 Å². The summed E-state index contributed by atoms with van der Waals surface area (Å²) in [5.74, 6) is -2.48. The Morgan fingerprint density at radius 3 is 2.42 bits per heavy atom. The predicted molar refractivity (Wildman–Crippen MR) is 81.3 cm³/mol. The summed E-state index contributed by atoms with van der Waals surface area (Å²) in [6.07, 6.45) is 1.09. The van der Waals surface area contributed by atoms with E-state index in [1.165, 1.54) is 0 Å². The summed E-state index contributed by atoms with van der Waals surface area (Å²) in [5.41, 5.74) is -0.959. The van der Waals surface area contributed by atoms with Crippen molar-refractivity contribution in [2.24, 2.45) is 5.41 Å². The number of esters is 1. The lowest BCUT2D eigenvalue weighted by atomic mass is 9.87. The summed E-state index contributed by atoms with van der Waals surface area (Å²) in [5, 5.41) is 21.3. The molecule has 0 bridgehead atoms. The molecule has 0 saturated heterocycles. The van der Waals surface area contributed by atoms with E-state index in [2.05, 4.69) is 5.32 Å². The van der Waals surface area contributed by atoms with Gasteiger partial charge in [0.2, 0.25) is 5.91 Å². The summed E-state index contributed by atoms with van der Waals surface area (Å²) < 4.78 is 4.86. The number of ether oxygens (including phenoxy) is 1. The van der Waals surface area contributed by atoms with Crippen molar-refractivity contribution < 1.29 is 34.1 Å². The molecule has 0 aromatic heterocycles. The molecular weight excluding hydrogens is 320 g/mol. The van der Waals surface area contributed by atoms with Crippen molar-refractivity contribution in [1.82, 2.24) is 10.2 Å². The summed E-state index contributed by atoms with van der Waals surface area (Å²) in [6.45, 7) is 2.45. The maximum Gasteiger partial charge on any atom is 0.326 e. The zero-order valence-corrected chi connectivity index (χ0v) is 13.7. The number of hydrogen-bond acceptors (Lipinski definition) is 7. The zero-order valence-electron chi connectivity index (χ0n) is 13.7. The Bertz CT molecular complexity index is 524. The normalized spacial score (nSPS) is 15.6. The van der Waals surface area contributed by atoms with Crippen LogP contribution in [0.4, 0.5) is 0 Å². The molecule has 0 radical (unpaired) electrons. The average Bonchev–Trinajstić information content (AvgIpc) is 2.85. The van der Waals surface area contributed by atoms with Crippen molar-refractivity contribution in [3.63, 3.8) is 0 Å². The van der Waals surface area contributed by atoms with Gasteiger partial charge in [-0.15, -0.1) is 0 Å². The first-order valence-electron chi connectivity index (χ1n) is 7.45. The van der Waals surface area contributed by atoms with Crippen LogP contribution in [0.25, 0.3) is 0 Å². The number of amides is 3. The number of rotatable bonds is 9. The monoisotopic (exact) mass is 342 g/mol. The Kier molecular flexibility index (Phi) is 7.05. The lowest BCUT2D eigenvalue weighted by molar-refractivity contribution is -0.151. The molecular formula is C15H22N2O7. The highest BCUT2D eigenvalue weighted by molar-refractivity contribution is 6.14. The fraction of sp³-hybridized carbons (Fsp3) is 0.600. The molecule has 134 valence electrons. The number of carbonyl (C=O) groups excluding carboxylic acids is 4. The van der Waals surface area contributed by atoms with Gasteiger partial charge < -0.3 is 20.3 Å². The van der Waals surface area contributed by atoms with Gasteiger partial charge in [0.25, 0.3) is 11.8 Å². The second kappa shape index (κ2) is 8.55. The van der Waals surface area contributed by atoms with Gasteiger partial charge in [0.05, 0.1) is 13.2 Å². The van der Waals surface area contributed by atoms with Crippen LogP contribution in [0.5, 0.6) is 0 Å². The molecule has 1 aliphatic rings. The summed E-state index contributed by atoms with van der Waals surface area (Å²) in [6, 6.07) is 0. The van der Waals surface area contributed by atoms with Gasteiger partial charge in [0.15, 0.2) is 0 Å². The number of hydrogen-bond donors (Lipinski definition) is 3. The molecule has 9 heteroatoms. The molecule has 0 fully saturated rings. The van der Waals surface area contributed by atoms with Gasteiger partial charge in [-0.3, -0.25) is 24.1 Å². The Hall–Kier alpha value is -2.26. The average molecular weight is 342 g/mol. The molecule has 0 aromatic carbocycles. The largest absolute Gasteiger partial charge is 0.464 e. The quantitative estimate of drug-likeness (QED) is 0.259. The molecule has 9 nitrogen and oxygen atoms in total. The van der Waals surface area contributed by atoms with Crippen LogP contribution >= 0.6 is 0 Å². The standard InChI is InChI=1S/C15H22N2O7/c1-15(2,9-18)13(22)14(23)16-6-3-7-24-12(21)8-17-10(19)4-5-11(17)20/h4-5,13,18,22H,3,6-9H2,1-2H3,(H,16,23). The van der Waals surface area contributed by atoms with E-state index < -0.39 is 41.8 Å². The number of aliphatic hydroxyl groups is 2. The molecule has 1 unspecified atom stereocenters. The smallest absolute Gasteiger partial charge is 0.326 e. The lowest BCUT2D eigenvalue weighted by Gasteiger charge is -2.27. The van der Waals surface area contributed by atoms with Gasteiger partial charge in [-0.05, 0) is 6.42 Å². The Balaban J connectivity index is 2.20.